The van der Waals surface area contributed by atoms with Crippen LogP contribution in [0, 0.1) is 0 Å². The number of anilines is 1. The molecule has 1 N–H and O–H groups in total. The van der Waals surface area contributed by atoms with Crippen molar-refractivity contribution in [3.8, 4) is 0 Å². The molecular formula is C10H9Cl2N3OS2. The average molecular weight is 322 g/mol. The molecule has 8 heteroatoms. The number of nitrogens with one attached hydrogen (secondary N) is 1. The lowest BCUT2D eigenvalue weighted by atomic mass is 10.3. The number of para-hydroxylation sites is 1. The predicted molar refractivity (Wildman–Crippen MR) is 82.1 cm³/mol. The molecular weight excluding hydrogens is 313 g/mol. The summed E-state index contributed by atoms with van der Waals surface area (Å²) in [6.07, 6.45) is 0. The summed E-state index contributed by atoms with van der Waals surface area (Å²) in [7, 11) is 6.64. The van der Waals surface area contributed by atoms with Gasteiger partial charge in [0.15, 0.2) is 10.2 Å². The Labute approximate surface area is 120 Å². The van der Waals surface area contributed by atoms with Gasteiger partial charge in [0.2, 0.25) is 5.91 Å². The maximum absolute atomic E-state index is 11.3. The lowest BCUT2D eigenvalue weighted by Crippen LogP contribution is -2.47. The van der Waals surface area contributed by atoms with Crippen molar-refractivity contribution >= 4 is 63.7 Å². The van der Waals surface area contributed by atoms with E-state index >= 15 is 0 Å². The average Bonchev–Trinajstić information content (AvgIpc) is 2.67. The summed E-state index contributed by atoms with van der Waals surface area (Å²) in [5.41, 5.74) is 3.47. The number of amides is 1. The van der Waals surface area contributed by atoms with Crippen molar-refractivity contribution in [2.75, 3.05) is 5.01 Å². The molecule has 0 fully saturated rings. The number of hydrogen-bond acceptors (Lipinski definition) is 4. The number of nitrogens with zero attached hydrogens (tertiary/aromatic N) is 2. The Morgan fingerprint density at radius 1 is 1.44 bits per heavy atom. The zero-order chi connectivity index (χ0) is 13.1. The van der Waals surface area contributed by atoms with Crippen LogP contribution in [0.2, 0.25) is 0 Å². The third-order valence-corrected chi connectivity index (χ3v) is 5.58. The summed E-state index contributed by atoms with van der Waals surface area (Å²) in [6.45, 7) is 1.43. The highest BCUT2D eigenvalue weighted by Crippen LogP contribution is 2.44. The van der Waals surface area contributed by atoms with Gasteiger partial charge < -0.3 is 0 Å². The Morgan fingerprint density at radius 2 is 2.11 bits per heavy atom. The minimum absolute atomic E-state index is 0.207. The van der Waals surface area contributed by atoms with E-state index in [1.54, 1.807) is 5.01 Å². The van der Waals surface area contributed by atoms with Crippen LogP contribution < -0.4 is 10.4 Å². The van der Waals surface area contributed by atoms with Crippen LogP contribution in [0.4, 0.5) is 5.69 Å². The van der Waals surface area contributed by atoms with E-state index in [1.165, 1.54) is 17.9 Å². The SMILES string of the molecule is CC(=O)NN(C1=S(Cl)SN=C1Cl)c1ccccc1. The second-order valence-electron chi connectivity index (χ2n) is 3.32. The number of carbonyl (C=O) groups excluding carboxylic acids is 1. The van der Waals surface area contributed by atoms with Crippen LogP contribution in [0.1, 0.15) is 6.92 Å². The van der Waals surface area contributed by atoms with Crippen molar-refractivity contribution < 1.29 is 4.79 Å². The largest absolute Gasteiger partial charge is 0.274 e. The smallest absolute Gasteiger partial charge is 0.235 e. The molecule has 0 bridgehead atoms. The second kappa shape index (κ2) is 5.97. The maximum atomic E-state index is 11.3. The zero-order valence-corrected chi connectivity index (χ0v) is 12.4. The fourth-order valence-corrected chi connectivity index (χ4v) is 4.73. The second-order valence-corrected chi connectivity index (χ2v) is 7.77. The lowest BCUT2D eigenvalue weighted by molar-refractivity contribution is -0.118. The van der Waals surface area contributed by atoms with Gasteiger partial charge in [-0.2, -0.15) is 4.40 Å². The minimum Gasteiger partial charge on any atom is -0.274 e. The van der Waals surface area contributed by atoms with E-state index in [0.29, 0.717) is 10.2 Å². The van der Waals surface area contributed by atoms with Gasteiger partial charge in [-0.05, 0) is 22.8 Å². The maximum Gasteiger partial charge on any atom is 0.235 e. The van der Waals surface area contributed by atoms with E-state index in [9.17, 15) is 4.79 Å². The Hall–Kier alpha value is -0.690. The van der Waals surface area contributed by atoms with Crippen molar-refractivity contribution in [1.82, 2.24) is 5.43 Å². The summed E-state index contributed by atoms with van der Waals surface area (Å²) >= 11 is 6.02. The highest BCUT2D eigenvalue weighted by molar-refractivity contribution is 8.92. The Bertz CT molecular complexity index is 533. The van der Waals surface area contributed by atoms with Crippen LogP contribution in [0.25, 0.3) is 0 Å². The molecule has 1 unspecified atom stereocenters. The van der Waals surface area contributed by atoms with E-state index in [0.717, 1.165) is 5.69 Å². The van der Waals surface area contributed by atoms with Crippen molar-refractivity contribution in [3.05, 3.63) is 30.3 Å². The normalized spacial score (nSPS) is 18.5. The Morgan fingerprint density at radius 3 is 2.61 bits per heavy atom. The molecule has 1 amide bonds. The number of hydrogen-bond donors (Lipinski definition) is 1. The standard InChI is InChI=1S/C10H9Cl2N3OS2/c1-7(16)13-15(8-5-3-2-4-6-8)10-9(11)14-17-18(10)12/h2-6H,1H3,(H,13,16). The molecule has 1 heterocycles. The highest BCUT2D eigenvalue weighted by atomic mass is 35.7. The molecule has 4 nitrogen and oxygen atoms in total. The third kappa shape index (κ3) is 3.00. The topological polar surface area (TPSA) is 44.7 Å². The van der Waals surface area contributed by atoms with Gasteiger partial charge in [0.05, 0.1) is 16.7 Å². The quantitative estimate of drug-likeness (QED) is 0.373. The molecule has 0 saturated carbocycles. The van der Waals surface area contributed by atoms with Gasteiger partial charge in [0.25, 0.3) is 0 Å². The van der Waals surface area contributed by atoms with Crippen LogP contribution in [0.5, 0.6) is 0 Å². The molecule has 0 spiro atoms. The van der Waals surface area contributed by atoms with Gasteiger partial charge in [0.1, 0.15) is 0 Å². The fraction of sp³-hybridized carbons (Fsp3) is 0.100. The molecule has 96 valence electrons. The molecule has 1 aromatic carbocycles. The molecule has 1 aliphatic rings. The van der Waals surface area contributed by atoms with Crippen molar-refractivity contribution in [2.24, 2.45) is 4.40 Å². The van der Waals surface area contributed by atoms with Gasteiger partial charge in [-0.1, -0.05) is 29.8 Å². The number of halogens is 2. The summed E-state index contributed by atoms with van der Waals surface area (Å²) < 4.78 is 4.00. The molecule has 1 atom stereocenters. The van der Waals surface area contributed by atoms with Crippen LogP contribution in [-0.4, -0.2) is 16.1 Å². The number of carbonyl (C=O) groups is 1. The van der Waals surface area contributed by atoms with Crippen molar-refractivity contribution in [3.63, 3.8) is 0 Å². The Kier molecular flexibility index (Phi) is 4.55. The summed E-state index contributed by atoms with van der Waals surface area (Å²) in [5, 5.41) is 1.88. The van der Waals surface area contributed by atoms with E-state index in [1.807, 2.05) is 30.3 Å². The van der Waals surface area contributed by atoms with E-state index in [4.69, 9.17) is 22.3 Å². The van der Waals surface area contributed by atoms with Crippen molar-refractivity contribution in [1.29, 1.82) is 0 Å². The van der Waals surface area contributed by atoms with Gasteiger partial charge in [-0.25, -0.2) is 5.01 Å². The molecule has 0 aliphatic carbocycles. The first kappa shape index (κ1) is 13.7. The van der Waals surface area contributed by atoms with Crippen LogP contribution in [0.3, 0.4) is 0 Å². The van der Waals surface area contributed by atoms with Gasteiger partial charge in [-0.15, -0.1) is 0 Å². The fourth-order valence-electron chi connectivity index (χ4n) is 1.34. The molecule has 1 aromatic rings. The molecule has 1 aliphatic heterocycles. The number of benzene rings is 1. The highest BCUT2D eigenvalue weighted by Gasteiger charge is 2.25. The van der Waals surface area contributed by atoms with Crippen molar-refractivity contribution in [2.45, 2.75) is 6.92 Å². The van der Waals surface area contributed by atoms with E-state index < -0.39 is 8.73 Å². The molecule has 0 aromatic heterocycles. The summed E-state index contributed by atoms with van der Waals surface area (Å²) in [4.78, 5) is 11.9. The van der Waals surface area contributed by atoms with Crippen LogP contribution >= 0.6 is 42.0 Å². The monoisotopic (exact) mass is 321 g/mol. The van der Waals surface area contributed by atoms with Gasteiger partial charge in [-0.3, -0.25) is 10.2 Å². The first-order valence-corrected chi connectivity index (χ1v) is 8.63. The van der Waals surface area contributed by atoms with Crippen LogP contribution in [0.15, 0.2) is 34.7 Å². The number of hydrazine groups is 1. The molecule has 2 rings (SSSR count). The predicted octanol–water partition coefficient (Wildman–Crippen LogP) is 3.31. The molecule has 0 saturated heterocycles. The Balaban J connectivity index is 2.41. The molecule has 0 radical (unpaired) electrons. The van der Waals surface area contributed by atoms with Gasteiger partial charge in [0, 0.05) is 15.7 Å². The van der Waals surface area contributed by atoms with Crippen LogP contribution in [-0.2, 0) is 4.79 Å². The summed E-state index contributed by atoms with van der Waals surface area (Å²) in [6, 6.07) is 9.32. The number of rotatable bonds is 1. The summed E-state index contributed by atoms with van der Waals surface area (Å²) in [5.74, 6) is -0.207. The lowest BCUT2D eigenvalue weighted by Gasteiger charge is -2.25. The first-order valence-electron chi connectivity index (χ1n) is 4.91. The van der Waals surface area contributed by atoms with E-state index in [-0.39, 0.29) is 5.91 Å². The van der Waals surface area contributed by atoms with E-state index in [2.05, 4.69) is 9.82 Å². The zero-order valence-electron chi connectivity index (χ0n) is 9.26. The first-order chi connectivity index (χ1) is 8.59. The third-order valence-electron chi connectivity index (χ3n) is 2.00. The van der Waals surface area contributed by atoms with Gasteiger partial charge >= 0.3 is 0 Å². The minimum atomic E-state index is -0.707. The molecule has 18 heavy (non-hydrogen) atoms.